The van der Waals surface area contributed by atoms with Crippen LogP contribution in [0.15, 0.2) is 0 Å². The van der Waals surface area contributed by atoms with E-state index in [2.05, 4.69) is 27.7 Å². The fourth-order valence-electron chi connectivity index (χ4n) is 9.25. The van der Waals surface area contributed by atoms with E-state index in [0.29, 0.717) is 19.3 Å². The van der Waals surface area contributed by atoms with Crippen LogP contribution in [0.5, 0.6) is 0 Å². The minimum absolute atomic E-state index is 0.0618. The third kappa shape index (κ3) is 51.8. The standard InChI is InChI=1S/C60H116O6/c1-5-8-10-12-14-16-18-20-22-24-25-27-29-31-37-41-45-49-53-60(63)66-57(55-65-59(62)52-48-44-40-36-33-32-34-38-42-46-50-56(4)7-3)54-64-58(61)51-47-43-39-35-30-28-26-23-21-19-17-15-13-11-9-6-2/h56-57H,5-55H2,1-4H3/t56?,57-/m1/s1. The predicted molar refractivity (Wildman–Crippen MR) is 284 cm³/mol. The molecule has 0 radical (unpaired) electrons. The second kappa shape index (κ2) is 54.4. The highest BCUT2D eigenvalue weighted by molar-refractivity contribution is 5.71. The highest BCUT2D eigenvalue weighted by atomic mass is 16.6. The van der Waals surface area contributed by atoms with E-state index in [1.54, 1.807) is 0 Å². The molecule has 66 heavy (non-hydrogen) atoms. The van der Waals surface area contributed by atoms with Gasteiger partial charge >= 0.3 is 17.9 Å². The molecule has 0 bridgehead atoms. The maximum Gasteiger partial charge on any atom is 0.306 e. The Morgan fingerprint density at radius 2 is 0.530 bits per heavy atom. The second-order valence-corrected chi connectivity index (χ2v) is 20.9. The second-order valence-electron chi connectivity index (χ2n) is 20.9. The van der Waals surface area contributed by atoms with Gasteiger partial charge in [-0.05, 0) is 25.2 Å². The van der Waals surface area contributed by atoms with E-state index in [0.717, 1.165) is 63.7 Å². The first-order valence-electron chi connectivity index (χ1n) is 29.9. The van der Waals surface area contributed by atoms with Gasteiger partial charge in [0.2, 0.25) is 0 Å². The fourth-order valence-corrected chi connectivity index (χ4v) is 9.25. The average molecular weight is 934 g/mol. The molecule has 0 rings (SSSR count). The van der Waals surface area contributed by atoms with Crippen molar-refractivity contribution in [2.24, 2.45) is 5.92 Å². The molecule has 0 amide bonds. The molecule has 0 aliphatic heterocycles. The number of unbranched alkanes of at least 4 members (excludes halogenated alkanes) is 41. The molecular formula is C60H116O6. The molecule has 392 valence electrons. The quantitative estimate of drug-likeness (QED) is 0.0343. The molecule has 1 unspecified atom stereocenters. The summed E-state index contributed by atoms with van der Waals surface area (Å²) < 4.78 is 16.9. The number of carbonyl (C=O) groups excluding carboxylic acids is 3. The van der Waals surface area contributed by atoms with Crippen molar-refractivity contribution in [2.45, 2.75) is 348 Å². The van der Waals surface area contributed by atoms with Crippen LogP contribution in [0.3, 0.4) is 0 Å². The summed E-state index contributed by atoms with van der Waals surface area (Å²) in [5, 5.41) is 0. The molecule has 0 fully saturated rings. The van der Waals surface area contributed by atoms with E-state index in [4.69, 9.17) is 14.2 Å². The van der Waals surface area contributed by atoms with E-state index in [1.807, 2.05) is 0 Å². The Bertz CT molecular complexity index is 998. The first kappa shape index (κ1) is 64.4. The van der Waals surface area contributed by atoms with Crippen molar-refractivity contribution in [1.82, 2.24) is 0 Å². The van der Waals surface area contributed by atoms with Crippen LogP contribution < -0.4 is 0 Å². The molecule has 2 atom stereocenters. The van der Waals surface area contributed by atoms with Crippen LogP contribution in [-0.2, 0) is 28.6 Å². The van der Waals surface area contributed by atoms with Crippen LogP contribution in [0.25, 0.3) is 0 Å². The molecule has 0 saturated carbocycles. The summed E-state index contributed by atoms with van der Waals surface area (Å²) >= 11 is 0. The summed E-state index contributed by atoms with van der Waals surface area (Å²) in [6, 6.07) is 0. The van der Waals surface area contributed by atoms with E-state index in [-0.39, 0.29) is 31.1 Å². The topological polar surface area (TPSA) is 78.9 Å². The van der Waals surface area contributed by atoms with Crippen molar-refractivity contribution in [2.75, 3.05) is 13.2 Å². The first-order valence-corrected chi connectivity index (χ1v) is 29.9. The largest absolute Gasteiger partial charge is 0.462 e. The molecular weight excluding hydrogens is 817 g/mol. The monoisotopic (exact) mass is 933 g/mol. The zero-order valence-corrected chi connectivity index (χ0v) is 45.2. The first-order chi connectivity index (χ1) is 32.4. The molecule has 0 aliphatic carbocycles. The zero-order chi connectivity index (χ0) is 48.1. The van der Waals surface area contributed by atoms with Gasteiger partial charge in [-0.15, -0.1) is 0 Å². The molecule has 0 aromatic heterocycles. The van der Waals surface area contributed by atoms with Crippen LogP contribution in [-0.4, -0.2) is 37.2 Å². The SMILES string of the molecule is CCCCCCCCCCCCCCCCCCCCC(=O)O[C@H](COC(=O)CCCCCCCCCCCCCCCCCC)COC(=O)CCCCCCCCCCCCC(C)CC. The van der Waals surface area contributed by atoms with Crippen molar-refractivity contribution in [3.63, 3.8) is 0 Å². The van der Waals surface area contributed by atoms with Crippen LogP contribution in [0.2, 0.25) is 0 Å². The van der Waals surface area contributed by atoms with Crippen LogP contribution >= 0.6 is 0 Å². The van der Waals surface area contributed by atoms with Crippen molar-refractivity contribution in [3.05, 3.63) is 0 Å². The molecule has 6 nitrogen and oxygen atoms in total. The minimum Gasteiger partial charge on any atom is -0.462 e. The zero-order valence-electron chi connectivity index (χ0n) is 45.2. The lowest BCUT2D eigenvalue weighted by Gasteiger charge is -2.18. The van der Waals surface area contributed by atoms with Gasteiger partial charge in [0.25, 0.3) is 0 Å². The van der Waals surface area contributed by atoms with Gasteiger partial charge in [-0.2, -0.15) is 0 Å². The average Bonchev–Trinajstić information content (AvgIpc) is 3.32. The Morgan fingerprint density at radius 3 is 0.788 bits per heavy atom. The van der Waals surface area contributed by atoms with Gasteiger partial charge in [-0.1, -0.05) is 304 Å². The lowest BCUT2D eigenvalue weighted by molar-refractivity contribution is -0.167. The summed E-state index contributed by atoms with van der Waals surface area (Å²) in [5.41, 5.74) is 0. The molecule has 0 saturated heterocycles. The summed E-state index contributed by atoms with van der Waals surface area (Å²) in [7, 11) is 0. The van der Waals surface area contributed by atoms with Crippen LogP contribution in [0, 0.1) is 5.92 Å². The smallest absolute Gasteiger partial charge is 0.306 e. The van der Waals surface area contributed by atoms with Crippen molar-refractivity contribution >= 4 is 17.9 Å². The Balaban J connectivity index is 4.30. The number of carbonyl (C=O) groups is 3. The summed E-state index contributed by atoms with van der Waals surface area (Å²) in [6.45, 7) is 9.09. The van der Waals surface area contributed by atoms with Crippen LogP contribution in [0.1, 0.15) is 342 Å². The molecule has 0 N–H and O–H groups in total. The number of esters is 3. The number of hydrogen-bond donors (Lipinski definition) is 0. The Morgan fingerprint density at radius 1 is 0.303 bits per heavy atom. The Labute approximate surface area is 412 Å². The summed E-state index contributed by atoms with van der Waals surface area (Å²) in [6.07, 6.45) is 59.4. The van der Waals surface area contributed by atoms with Gasteiger partial charge in [0, 0.05) is 19.3 Å². The Kier molecular flexibility index (Phi) is 53.0. The lowest BCUT2D eigenvalue weighted by Crippen LogP contribution is -2.30. The summed E-state index contributed by atoms with van der Waals surface area (Å²) in [5.74, 6) is 0.0361. The third-order valence-corrected chi connectivity index (χ3v) is 14.2. The number of hydrogen-bond acceptors (Lipinski definition) is 6. The summed E-state index contributed by atoms with van der Waals surface area (Å²) in [4.78, 5) is 38.2. The normalized spacial score (nSPS) is 12.4. The van der Waals surface area contributed by atoms with Crippen molar-refractivity contribution in [1.29, 1.82) is 0 Å². The minimum atomic E-state index is -0.762. The maximum atomic E-state index is 12.9. The van der Waals surface area contributed by atoms with Gasteiger partial charge in [0.15, 0.2) is 6.10 Å². The van der Waals surface area contributed by atoms with Crippen LogP contribution in [0.4, 0.5) is 0 Å². The third-order valence-electron chi connectivity index (χ3n) is 14.2. The highest BCUT2D eigenvalue weighted by Gasteiger charge is 2.19. The molecule has 0 aliphatic rings. The number of rotatable bonds is 55. The predicted octanol–water partition coefficient (Wildman–Crippen LogP) is 19.8. The molecule has 0 heterocycles. The van der Waals surface area contributed by atoms with E-state index in [9.17, 15) is 14.4 Å². The molecule has 0 aromatic rings. The maximum absolute atomic E-state index is 12.9. The van der Waals surface area contributed by atoms with Gasteiger partial charge in [0.1, 0.15) is 13.2 Å². The lowest BCUT2D eigenvalue weighted by atomic mass is 9.99. The van der Waals surface area contributed by atoms with Gasteiger partial charge in [-0.25, -0.2) is 0 Å². The van der Waals surface area contributed by atoms with Gasteiger partial charge in [0.05, 0.1) is 0 Å². The molecule has 0 aromatic carbocycles. The van der Waals surface area contributed by atoms with Gasteiger partial charge in [-0.3, -0.25) is 14.4 Å². The van der Waals surface area contributed by atoms with Gasteiger partial charge < -0.3 is 14.2 Å². The molecule has 0 spiro atoms. The van der Waals surface area contributed by atoms with E-state index >= 15 is 0 Å². The van der Waals surface area contributed by atoms with Crippen molar-refractivity contribution < 1.29 is 28.6 Å². The van der Waals surface area contributed by atoms with E-state index < -0.39 is 6.10 Å². The molecule has 6 heteroatoms. The van der Waals surface area contributed by atoms with E-state index in [1.165, 1.54) is 238 Å². The fraction of sp³-hybridized carbons (Fsp3) is 0.950. The Hall–Kier alpha value is -1.59. The highest BCUT2D eigenvalue weighted by Crippen LogP contribution is 2.19. The van der Waals surface area contributed by atoms with Crippen molar-refractivity contribution in [3.8, 4) is 0 Å². The number of ether oxygens (including phenoxy) is 3.